The number of aryl methyl sites for hydroxylation is 1. The number of hydrogen-bond acceptors (Lipinski definition) is 4. The average Bonchev–Trinajstić information content (AvgIpc) is 3.23. The first kappa shape index (κ1) is 20.3. The fraction of sp³-hybridized carbons (Fsp3) is 0.308. The van der Waals surface area contributed by atoms with E-state index in [-0.39, 0.29) is 0 Å². The van der Waals surface area contributed by atoms with Crippen LogP contribution in [0.1, 0.15) is 29.2 Å². The van der Waals surface area contributed by atoms with Gasteiger partial charge in [-0.1, -0.05) is 48.0 Å². The molecule has 0 amide bonds. The predicted octanol–water partition coefficient (Wildman–Crippen LogP) is 5.37. The van der Waals surface area contributed by atoms with Crippen LogP contribution in [0.3, 0.4) is 0 Å². The molecule has 3 aromatic carbocycles. The zero-order valence-electron chi connectivity index (χ0n) is 17.8. The summed E-state index contributed by atoms with van der Waals surface area (Å²) in [4.78, 5) is 2.49. The summed E-state index contributed by atoms with van der Waals surface area (Å²) in [6.07, 6.45) is 0.958. The van der Waals surface area contributed by atoms with E-state index >= 15 is 0 Å². The van der Waals surface area contributed by atoms with Crippen LogP contribution >= 0.6 is 0 Å². The van der Waals surface area contributed by atoms with Crippen LogP contribution in [-0.2, 0) is 19.5 Å². The van der Waals surface area contributed by atoms with Gasteiger partial charge >= 0.3 is 0 Å². The van der Waals surface area contributed by atoms with E-state index in [1.807, 2.05) is 13.0 Å². The van der Waals surface area contributed by atoms with Crippen molar-refractivity contribution < 1.29 is 14.2 Å². The van der Waals surface area contributed by atoms with Crippen molar-refractivity contribution >= 4 is 0 Å². The molecule has 3 aromatic rings. The molecule has 1 heterocycles. The highest BCUT2D eigenvalue weighted by Gasteiger charge is 2.14. The van der Waals surface area contributed by atoms with Gasteiger partial charge < -0.3 is 14.2 Å². The fourth-order valence-electron chi connectivity index (χ4n) is 3.67. The number of benzene rings is 3. The highest BCUT2D eigenvalue weighted by atomic mass is 16.7. The second-order valence-corrected chi connectivity index (χ2v) is 7.71. The van der Waals surface area contributed by atoms with Crippen LogP contribution in [0.15, 0.2) is 66.7 Å². The summed E-state index contributed by atoms with van der Waals surface area (Å²) in [5.74, 6) is 2.61. The van der Waals surface area contributed by atoms with Crippen LogP contribution in [0.2, 0.25) is 0 Å². The van der Waals surface area contributed by atoms with E-state index in [2.05, 4.69) is 72.5 Å². The molecule has 0 aromatic heterocycles. The van der Waals surface area contributed by atoms with Crippen molar-refractivity contribution in [2.75, 3.05) is 19.9 Å². The van der Waals surface area contributed by atoms with Gasteiger partial charge in [-0.05, 0) is 61.2 Å². The van der Waals surface area contributed by atoms with Crippen molar-refractivity contribution in [2.45, 2.75) is 33.4 Å². The number of rotatable bonds is 9. The summed E-state index contributed by atoms with van der Waals surface area (Å²) in [6.45, 7) is 7.91. The van der Waals surface area contributed by atoms with E-state index in [1.165, 1.54) is 22.3 Å². The molecule has 0 atom stereocenters. The Morgan fingerprint density at radius 3 is 2.13 bits per heavy atom. The van der Waals surface area contributed by atoms with E-state index in [4.69, 9.17) is 14.2 Å². The van der Waals surface area contributed by atoms with Crippen molar-refractivity contribution in [1.29, 1.82) is 0 Å². The lowest BCUT2D eigenvalue weighted by molar-refractivity contribution is 0.174. The first-order chi connectivity index (χ1) is 14.7. The minimum absolute atomic E-state index is 0.316. The molecule has 0 saturated carbocycles. The molecular weight excluding hydrogens is 374 g/mol. The van der Waals surface area contributed by atoms with Gasteiger partial charge in [0.2, 0.25) is 6.79 Å². The van der Waals surface area contributed by atoms with Crippen LogP contribution < -0.4 is 14.2 Å². The third-order valence-electron chi connectivity index (χ3n) is 5.32. The molecule has 0 bridgehead atoms. The average molecular weight is 404 g/mol. The van der Waals surface area contributed by atoms with Crippen molar-refractivity contribution in [3.8, 4) is 17.2 Å². The maximum atomic E-state index is 5.58. The molecule has 1 aliphatic rings. The zero-order valence-corrected chi connectivity index (χ0v) is 17.8. The second-order valence-electron chi connectivity index (χ2n) is 7.71. The molecule has 4 nitrogen and oxygen atoms in total. The number of ether oxygens (including phenoxy) is 3. The molecule has 0 fully saturated rings. The zero-order chi connectivity index (χ0) is 20.8. The van der Waals surface area contributed by atoms with Crippen molar-refractivity contribution in [1.82, 2.24) is 4.90 Å². The molecule has 0 N–H and O–H groups in total. The summed E-state index contributed by atoms with van der Waals surface area (Å²) in [5.41, 5.74) is 5.17. The molecule has 4 heteroatoms. The highest BCUT2D eigenvalue weighted by Crippen LogP contribution is 2.32. The second kappa shape index (κ2) is 9.68. The maximum Gasteiger partial charge on any atom is 0.231 e. The standard InChI is InChI=1S/C26H29NO3/c1-3-28-24-11-8-23(9-12-24)18-27(17-22-6-4-20(2)5-7-22)15-14-21-10-13-25-26(16-21)30-19-29-25/h4-13,16H,3,14-15,17-19H2,1-2H3. The molecular formula is C26H29NO3. The van der Waals surface area contributed by atoms with E-state index in [0.717, 1.165) is 43.3 Å². The minimum atomic E-state index is 0.316. The summed E-state index contributed by atoms with van der Waals surface area (Å²) in [6, 6.07) is 23.5. The van der Waals surface area contributed by atoms with Gasteiger partial charge in [0.1, 0.15) is 5.75 Å². The molecule has 156 valence electrons. The van der Waals surface area contributed by atoms with Gasteiger partial charge in [-0.3, -0.25) is 4.90 Å². The van der Waals surface area contributed by atoms with E-state index in [1.54, 1.807) is 0 Å². The van der Waals surface area contributed by atoms with Crippen LogP contribution in [0.25, 0.3) is 0 Å². The van der Waals surface area contributed by atoms with Crippen molar-refractivity contribution in [3.63, 3.8) is 0 Å². The minimum Gasteiger partial charge on any atom is -0.494 e. The van der Waals surface area contributed by atoms with Crippen molar-refractivity contribution in [3.05, 3.63) is 89.0 Å². The van der Waals surface area contributed by atoms with Gasteiger partial charge in [-0.2, -0.15) is 0 Å². The molecule has 30 heavy (non-hydrogen) atoms. The summed E-state index contributed by atoms with van der Waals surface area (Å²) in [5, 5.41) is 0. The summed E-state index contributed by atoms with van der Waals surface area (Å²) in [7, 11) is 0. The molecule has 0 spiro atoms. The predicted molar refractivity (Wildman–Crippen MR) is 119 cm³/mol. The lowest BCUT2D eigenvalue weighted by Crippen LogP contribution is -2.25. The Bertz CT molecular complexity index is 951. The maximum absolute atomic E-state index is 5.58. The molecule has 0 aliphatic carbocycles. The Labute approximate surface area is 179 Å². The number of hydrogen-bond donors (Lipinski definition) is 0. The topological polar surface area (TPSA) is 30.9 Å². The number of fused-ring (bicyclic) bond motifs is 1. The third kappa shape index (κ3) is 5.33. The van der Waals surface area contributed by atoms with Gasteiger partial charge in [0.25, 0.3) is 0 Å². The Balaban J connectivity index is 1.45. The van der Waals surface area contributed by atoms with Gasteiger partial charge in [-0.25, -0.2) is 0 Å². The largest absolute Gasteiger partial charge is 0.494 e. The lowest BCUT2D eigenvalue weighted by atomic mass is 10.1. The summed E-state index contributed by atoms with van der Waals surface area (Å²) < 4.78 is 16.5. The fourth-order valence-corrected chi connectivity index (χ4v) is 3.67. The molecule has 0 unspecified atom stereocenters. The Morgan fingerprint density at radius 1 is 0.800 bits per heavy atom. The van der Waals surface area contributed by atoms with Gasteiger partial charge in [0, 0.05) is 19.6 Å². The van der Waals surface area contributed by atoms with Crippen LogP contribution in [-0.4, -0.2) is 24.8 Å². The first-order valence-electron chi connectivity index (χ1n) is 10.6. The third-order valence-corrected chi connectivity index (χ3v) is 5.32. The van der Waals surface area contributed by atoms with Gasteiger partial charge in [0.15, 0.2) is 11.5 Å². The molecule has 1 aliphatic heterocycles. The normalized spacial score (nSPS) is 12.4. The highest BCUT2D eigenvalue weighted by molar-refractivity contribution is 5.44. The smallest absolute Gasteiger partial charge is 0.231 e. The molecule has 0 radical (unpaired) electrons. The SMILES string of the molecule is CCOc1ccc(CN(CCc2ccc3c(c2)OCO3)Cc2ccc(C)cc2)cc1. The first-order valence-corrected chi connectivity index (χ1v) is 10.6. The van der Waals surface area contributed by atoms with E-state index < -0.39 is 0 Å². The van der Waals surface area contributed by atoms with Gasteiger partial charge in [0.05, 0.1) is 6.61 Å². The van der Waals surface area contributed by atoms with E-state index in [0.29, 0.717) is 13.4 Å². The Kier molecular flexibility index (Phi) is 6.55. The van der Waals surface area contributed by atoms with Crippen LogP contribution in [0.5, 0.6) is 17.2 Å². The van der Waals surface area contributed by atoms with Crippen LogP contribution in [0.4, 0.5) is 0 Å². The molecule has 4 rings (SSSR count). The quantitative estimate of drug-likeness (QED) is 0.481. The monoisotopic (exact) mass is 403 g/mol. The molecule has 0 saturated heterocycles. The Hall–Kier alpha value is -2.98. The van der Waals surface area contributed by atoms with E-state index in [9.17, 15) is 0 Å². The number of nitrogens with zero attached hydrogens (tertiary/aromatic N) is 1. The Morgan fingerprint density at radius 2 is 1.43 bits per heavy atom. The van der Waals surface area contributed by atoms with Crippen molar-refractivity contribution in [2.24, 2.45) is 0 Å². The van der Waals surface area contributed by atoms with Crippen LogP contribution in [0, 0.1) is 6.92 Å². The van der Waals surface area contributed by atoms with Gasteiger partial charge in [-0.15, -0.1) is 0 Å². The summed E-state index contributed by atoms with van der Waals surface area (Å²) >= 11 is 0. The lowest BCUT2D eigenvalue weighted by Gasteiger charge is -2.23.